The van der Waals surface area contributed by atoms with Gasteiger partial charge in [0.2, 0.25) is 5.91 Å². The van der Waals surface area contributed by atoms with Gasteiger partial charge >= 0.3 is 0 Å². The number of amides is 1. The molecule has 0 aliphatic rings. The predicted molar refractivity (Wildman–Crippen MR) is 98.8 cm³/mol. The van der Waals surface area contributed by atoms with Gasteiger partial charge in [0.05, 0.1) is 0 Å². The second-order valence-corrected chi connectivity index (χ2v) is 6.20. The van der Waals surface area contributed by atoms with Crippen LogP contribution < -0.4 is 5.32 Å². The summed E-state index contributed by atoms with van der Waals surface area (Å²) in [6.45, 7) is 8.51. The molecule has 0 radical (unpaired) electrons. The van der Waals surface area contributed by atoms with Gasteiger partial charge < -0.3 is 5.32 Å². The molecule has 0 bridgehead atoms. The average Bonchev–Trinajstić information content (AvgIpc) is 2.60. The number of carbonyl (C=O) groups is 1. The zero-order chi connectivity index (χ0) is 17.7. The zero-order valence-electron chi connectivity index (χ0n) is 14.5. The van der Waals surface area contributed by atoms with E-state index in [2.05, 4.69) is 15.3 Å². The zero-order valence-corrected chi connectivity index (χ0v) is 15.2. The van der Waals surface area contributed by atoms with E-state index in [1.807, 2.05) is 39.8 Å². The lowest BCUT2D eigenvalue weighted by Crippen LogP contribution is -2.25. The van der Waals surface area contributed by atoms with Gasteiger partial charge in [-0.15, -0.1) is 0 Å². The van der Waals surface area contributed by atoms with E-state index in [1.165, 1.54) is 6.33 Å². The molecular weight excluding hydrogens is 322 g/mol. The highest BCUT2D eigenvalue weighted by atomic mass is 35.5. The lowest BCUT2D eigenvalue weighted by Gasteiger charge is -2.15. The fourth-order valence-corrected chi connectivity index (χ4v) is 2.77. The van der Waals surface area contributed by atoms with Crippen LogP contribution in [0.15, 0.2) is 36.4 Å². The van der Waals surface area contributed by atoms with Crippen molar-refractivity contribution in [2.24, 2.45) is 0 Å². The number of aromatic nitrogens is 2. The number of hydrogen-bond donors (Lipinski definition) is 1. The molecule has 0 saturated carbocycles. The smallest absolute Gasteiger partial charge is 0.247 e. The maximum atomic E-state index is 12.2. The third kappa shape index (κ3) is 4.01. The lowest BCUT2D eigenvalue weighted by atomic mass is 9.92. The molecule has 5 heteroatoms. The summed E-state index contributed by atoms with van der Waals surface area (Å²) in [7, 11) is 0. The van der Waals surface area contributed by atoms with Gasteiger partial charge in [0.1, 0.15) is 6.33 Å². The van der Waals surface area contributed by atoms with Crippen LogP contribution in [-0.2, 0) is 4.79 Å². The van der Waals surface area contributed by atoms with Crippen molar-refractivity contribution in [3.05, 3.63) is 52.6 Å². The number of allylic oxidation sites excluding steroid dienone is 1. The number of rotatable bonds is 5. The molecule has 0 unspecified atom stereocenters. The molecule has 2 rings (SSSR count). The minimum absolute atomic E-state index is 0.0432. The molecule has 1 amide bonds. The number of benzene rings is 1. The number of halogens is 1. The largest absolute Gasteiger partial charge is 0.352 e. The van der Waals surface area contributed by atoms with Crippen molar-refractivity contribution < 1.29 is 4.79 Å². The number of carbonyl (C=O) groups excluding carboxylic acids is 1. The Morgan fingerprint density at radius 3 is 2.50 bits per heavy atom. The first-order valence-electron chi connectivity index (χ1n) is 7.97. The number of nitrogens with one attached hydrogen (secondary N) is 1. The summed E-state index contributed by atoms with van der Waals surface area (Å²) < 4.78 is 0. The first kappa shape index (κ1) is 18.1. The van der Waals surface area contributed by atoms with Crippen LogP contribution in [0.25, 0.3) is 16.7 Å². The van der Waals surface area contributed by atoms with Crippen molar-refractivity contribution >= 4 is 23.1 Å². The minimum atomic E-state index is -0.0432. The molecule has 0 atom stereocenters. The van der Waals surface area contributed by atoms with E-state index in [0.29, 0.717) is 17.1 Å². The Kier molecular flexibility index (Phi) is 6.10. The molecule has 1 aromatic carbocycles. The van der Waals surface area contributed by atoms with Gasteiger partial charge in [-0.05, 0) is 61.6 Å². The second-order valence-electron chi connectivity index (χ2n) is 5.76. The Bertz CT molecular complexity index is 770. The van der Waals surface area contributed by atoms with Crippen molar-refractivity contribution in [3.63, 3.8) is 0 Å². The van der Waals surface area contributed by atoms with Gasteiger partial charge in [-0.25, -0.2) is 9.97 Å². The maximum absolute atomic E-state index is 12.2. The van der Waals surface area contributed by atoms with E-state index in [9.17, 15) is 4.79 Å². The summed E-state index contributed by atoms with van der Waals surface area (Å²) in [5, 5.41) is 3.53. The Morgan fingerprint density at radius 1 is 1.21 bits per heavy atom. The monoisotopic (exact) mass is 343 g/mol. The number of hydrogen-bond acceptors (Lipinski definition) is 3. The fraction of sp³-hybridized carbons (Fsp3) is 0.316. The molecule has 1 N–H and O–H groups in total. The summed E-state index contributed by atoms with van der Waals surface area (Å²) in [4.78, 5) is 20.4. The highest BCUT2D eigenvalue weighted by Gasteiger charge is 2.14. The SMILES string of the molecule is CCCNC(=O)/C(C)=C(\C)c1cc(Cl)cc(-c2cncnc2)c1C. The minimum Gasteiger partial charge on any atom is -0.352 e. The average molecular weight is 344 g/mol. The predicted octanol–water partition coefficient (Wildman–Crippen LogP) is 4.43. The molecular formula is C19H22ClN3O. The van der Waals surface area contributed by atoms with E-state index in [0.717, 1.165) is 34.2 Å². The lowest BCUT2D eigenvalue weighted by molar-refractivity contribution is -0.117. The van der Waals surface area contributed by atoms with Crippen LogP contribution >= 0.6 is 11.6 Å². The molecule has 24 heavy (non-hydrogen) atoms. The quantitative estimate of drug-likeness (QED) is 0.817. The van der Waals surface area contributed by atoms with Crippen LogP contribution in [0.1, 0.15) is 38.3 Å². The van der Waals surface area contributed by atoms with Gasteiger partial charge in [0, 0.05) is 35.1 Å². The second kappa shape index (κ2) is 8.06. The van der Waals surface area contributed by atoms with Crippen molar-refractivity contribution in [3.8, 4) is 11.1 Å². The summed E-state index contributed by atoms with van der Waals surface area (Å²) >= 11 is 6.32. The van der Waals surface area contributed by atoms with Crippen LogP contribution in [-0.4, -0.2) is 22.4 Å². The molecule has 0 saturated heterocycles. The van der Waals surface area contributed by atoms with Crippen LogP contribution in [0.5, 0.6) is 0 Å². The first-order valence-corrected chi connectivity index (χ1v) is 8.35. The van der Waals surface area contributed by atoms with Crippen LogP contribution in [0.2, 0.25) is 5.02 Å². The standard InChI is InChI=1S/C19H22ClN3O/c1-5-6-23-19(24)13(3)12(2)17-7-16(20)8-18(14(17)4)15-9-21-11-22-10-15/h7-11H,5-6H2,1-4H3,(H,23,24)/b13-12+. The van der Waals surface area contributed by atoms with E-state index >= 15 is 0 Å². The first-order chi connectivity index (χ1) is 11.5. The molecule has 0 aliphatic heterocycles. The Hall–Kier alpha value is -2.20. The topological polar surface area (TPSA) is 54.9 Å². The van der Waals surface area contributed by atoms with Crippen LogP contribution in [0.3, 0.4) is 0 Å². The molecule has 0 aliphatic carbocycles. The van der Waals surface area contributed by atoms with Gasteiger partial charge in [0.15, 0.2) is 0 Å². The Labute approximate surface area is 148 Å². The molecule has 0 spiro atoms. The van der Waals surface area contributed by atoms with E-state index < -0.39 is 0 Å². The van der Waals surface area contributed by atoms with Gasteiger partial charge in [0.25, 0.3) is 0 Å². The van der Waals surface area contributed by atoms with Gasteiger partial charge in [-0.2, -0.15) is 0 Å². The molecule has 0 fully saturated rings. The van der Waals surface area contributed by atoms with Gasteiger partial charge in [-0.3, -0.25) is 4.79 Å². The molecule has 4 nitrogen and oxygen atoms in total. The third-order valence-corrected chi connectivity index (χ3v) is 4.30. The highest BCUT2D eigenvalue weighted by Crippen LogP contribution is 2.33. The summed E-state index contributed by atoms with van der Waals surface area (Å²) in [6, 6.07) is 3.80. The highest BCUT2D eigenvalue weighted by molar-refractivity contribution is 6.31. The van der Waals surface area contributed by atoms with E-state index in [4.69, 9.17) is 11.6 Å². The maximum Gasteiger partial charge on any atom is 0.247 e. The van der Waals surface area contributed by atoms with Crippen molar-refractivity contribution in [1.82, 2.24) is 15.3 Å². The van der Waals surface area contributed by atoms with E-state index in [-0.39, 0.29) is 5.91 Å². The fourth-order valence-electron chi connectivity index (χ4n) is 2.55. The Morgan fingerprint density at radius 2 is 1.88 bits per heavy atom. The van der Waals surface area contributed by atoms with Crippen molar-refractivity contribution in [2.45, 2.75) is 34.1 Å². The van der Waals surface area contributed by atoms with Crippen LogP contribution in [0, 0.1) is 6.92 Å². The summed E-state index contributed by atoms with van der Waals surface area (Å²) in [5.41, 5.74) is 5.50. The van der Waals surface area contributed by atoms with E-state index in [1.54, 1.807) is 12.4 Å². The third-order valence-electron chi connectivity index (χ3n) is 4.09. The number of nitrogens with zero attached hydrogens (tertiary/aromatic N) is 2. The normalized spacial score (nSPS) is 11.9. The summed E-state index contributed by atoms with van der Waals surface area (Å²) in [5.74, 6) is -0.0432. The van der Waals surface area contributed by atoms with Crippen molar-refractivity contribution in [1.29, 1.82) is 0 Å². The van der Waals surface area contributed by atoms with Crippen molar-refractivity contribution in [2.75, 3.05) is 6.54 Å². The van der Waals surface area contributed by atoms with Gasteiger partial charge in [-0.1, -0.05) is 18.5 Å². The molecule has 1 heterocycles. The van der Waals surface area contributed by atoms with Crippen LogP contribution in [0.4, 0.5) is 0 Å². The Balaban J connectivity index is 2.51. The molecule has 1 aromatic heterocycles. The molecule has 2 aromatic rings. The molecule has 126 valence electrons. The summed E-state index contributed by atoms with van der Waals surface area (Å²) in [6.07, 6.45) is 5.93.